The Morgan fingerprint density at radius 1 is 0.871 bits per heavy atom. The molecule has 0 aromatic rings. The van der Waals surface area contributed by atoms with Gasteiger partial charge in [0.15, 0.2) is 0 Å². The van der Waals surface area contributed by atoms with E-state index in [2.05, 4.69) is 28.6 Å². The minimum Gasteiger partial charge on any atom is -0.480 e. The summed E-state index contributed by atoms with van der Waals surface area (Å²) in [5.41, 5.74) is 5.69. The highest BCUT2D eigenvalue weighted by Crippen LogP contribution is 2.10. The summed E-state index contributed by atoms with van der Waals surface area (Å²) in [6.07, 6.45) is 2.84. The molecule has 6 N–H and O–H groups in total. The van der Waals surface area contributed by atoms with Crippen molar-refractivity contribution in [1.82, 2.24) is 16.0 Å². The number of thiol groups is 1. The predicted octanol–water partition coefficient (Wildman–Crippen LogP) is 0.628. The van der Waals surface area contributed by atoms with Gasteiger partial charge in [-0.1, -0.05) is 27.7 Å². The van der Waals surface area contributed by atoms with Gasteiger partial charge in [0.25, 0.3) is 0 Å². The molecule has 0 rings (SSSR count). The Balaban J connectivity index is 5.41. The van der Waals surface area contributed by atoms with E-state index in [4.69, 9.17) is 5.73 Å². The molecule has 11 heteroatoms. The third-order valence-corrected chi connectivity index (χ3v) is 5.48. The van der Waals surface area contributed by atoms with Gasteiger partial charge < -0.3 is 26.8 Å². The first-order valence-corrected chi connectivity index (χ1v) is 12.4. The highest BCUT2D eigenvalue weighted by atomic mass is 32.2. The SMILES string of the molecule is CSCCC(NC(=O)C(N)CS)C(=O)NC(CC(C)C)C(=O)NC(CC(C)C)C(=O)O. The summed E-state index contributed by atoms with van der Waals surface area (Å²) < 4.78 is 0. The number of thioether (sulfide) groups is 1. The molecule has 0 aromatic carbocycles. The second-order valence-corrected chi connectivity index (χ2v) is 9.70. The normalized spacial score (nSPS) is 15.1. The van der Waals surface area contributed by atoms with Crippen molar-refractivity contribution in [3.63, 3.8) is 0 Å². The Labute approximate surface area is 194 Å². The van der Waals surface area contributed by atoms with Crippen LogP contribution in [0, 0.1) is 11.8 Å². The van der Waals surface area contributed by atoms with E-state index in [-0.39, 0.29) is 24.0 Å². The van der Waals surface area contributed by atoms with Crippen molar-refractivity contribution in [3.8, 4) is 0 Å². The highest BCUT2D eigenvalue weighted by Gasteiger charge is 2.30. The van der Waals surface area contributed by atoms with Crippen LogP contribution in [0.4, 0.5) is 0 Å². The molecule has 4 atom stereocenters. The summed E-state index contributed by atoms with van der Waals surface area (Å²) in [5.74, 6) is -1.80. The zero-order valence-corrected chi connectivity index (χ0v) is 20.7. The lowest BCUT2D eigenvalue weighted by Crippen LogP contribution is -2.57. The maximum absolute atomic E-state index is 12.9. The van der Waals surface area contributed by atoms with Crippen molar-refractivity contribution in [1.29, 1.82) is 0 Å². The first-order valence-electron chi connectivity index (χ1n) is 10.4. The lowest BCUT2D eigenvalue weighted by atomic mass is 10.00. The summed E-state index contributed by atoms with van der Waals surface area (Å²) in [5, 5.41) is 17.3. The van der Waals surface area contributed by atoms with Crippen molar-refractivity contribution in [2.24, 2.45) is 17.6 Å². The lowest BCUT2D eigenvalue weighted by Gasteiger charge is -2.26. The van der Waals surface area contributed by atoms with E-state index in [1.54, 1.807) is 0 Å². The van der Waals surface area contributed by atoms with Crippen LogP contribution >= 0.6 is 24.4 Å². The number of carboxylic acid groups (broad SMARTS) is 1. The topological polar surface area (TPSA) is 151 Å². The van der Waals surface area contributed by atoms with Gasteiger partial charge in [-0.3, -0.25) is 14.4 Å². The number of carboxylic acids is 1. The Kier molecular flexibility index (Phi) is 14.6. The third-order valence-electron chi connectivity index (χ3n) is 4.44. The van der Waals surface area contributed by atoms with Gasteiger partial charge in [-0.15, -0.1) is 0 Å². The van der Waals surface area contributed by atoms with E-state index in [0.29, 0.717) is 18.6 Å². The number of carbonyl (C=O) groups excluding carboxylic acids is 3. The van der Waals surface area contributed by atoms with E-state index in [9.17, 15) is 24.3 Å². The van der Waals surface area contributed by atoms with Crippen molar-refractivity contribution in [2.45, 2.75) is 71.1 Å². The van der Waals surface area contributed by atoms with Crippen LogP contribution in [0.15, 0.2) is 0 Å². The summed E-state index contributed by atoms with van der Waals surface area (Å²) >= 11 is 5.52. The number of hydrogen-bond donors (Lipinski definition) is 6. The molecule has 0 fully saturated rings. The molecule has 0 aliphatic carbocycles. The molecule has 0 aliphatic rings. The minimum absolute atomic E-state index is 0.0706. The molecule has 4 unspecified atom stereocenters. The van der Waals surface area contributed by atoms with Crippen molar-refractivity contribution in [3.05, 3.63) is 0 Å². The van der Waals surface area contributed by atoms with Crippen molar-refractivity contribution >= 4 is 48.1 Å². The molecule has 0 saturated heterocycles. The van der Waals surface area contributed by atoms with Gasteiger partial charge in [-0.2, -0.15) is 24.4 Å². The number of rotatable bonds is 15. The van der Waals surface area contributed by atoms with Crippen LogP contribution in [0.25, 0.3) is 0 Å². The first-order chi connectivity index (χ1) is 14.4. The zero-order valence-electron chi connectivity index (χ0n) is 19.0. The minimum atomic E-state index is -1.12. The Morgan fingerprint density at radius 3 is 1.77 bits per heavy atom. The molecule has 180 valence electrons. The van der Waals surface area contributed by atoms with Crippen LogP contribution in [0.1, 0.15) is 47.0 Å². The number of hydrogen-bond acceptors (Lipinski definition) is 7. The summed E-state index contributed by atoms with van der Waals surface area (Å²) in [4.78, 5) is 49.4. The van der Waals surface area contributed by atoms with Crippen LogP contribution in [-0.4, -0.2) is 70.7 Å². The molecule has 31 heavy (non-hydrogen) atoms. The molecule has 0 aliphatic heterocycles. The Morgan fingerprint density at radius 2 is 1.32 bits per heavy atom. The fourth-order valence-corrected chi connectivity index (χ4v) is 3.44. The molecule has 0 heterocycles. The number of nitrogens with two attached hydrogens (primary N) is 1. The van der Waals surface area contributed by atoms with Gasteiger partial charge in [0.1, 0.15) is 18.1 Å². The first kappa shape index (κ1) is 29.5. The summed E-state index contributed by atoms with van der Waals surface area (Å²) in [7, 11) is 0. The van der Waals surface area contributed by atoms with E-state index in [1.165, 1.54) is 11.8 Å². The van der Waals surface area contributed by atoms with Gasteiger partial charge >= 0.3 is 5.97 Å². The molecular weight excluding hydrogens is 440 g/mol. The molecular formula is C20H38N4O5S2. The number of carbonyl (C=O) groups is 4. The van der Waals surface area contributed by atoms with Gasteiger partial charge in [0, 0.05) is 5.75 Å². The molecule has 0 spiro atoms. The van der Waals surface area contributed by atoms with Crippen molar-refractivity contribution < 1.29 is 24.3 Å². The predicted molar refractivity (Wildman–Crippen MR) is 127 cm³/mol. The van der Waals surface area contributed by atoms with Gasteiger partial charge in [0.05, 0.1) is 6.04 Å². The Hall–Kier alpha value is -1.46. The summed E-state index contributed by atoms with van der Waals surface area (Å²) in [6, 6.07) is -3.68. The van der Waals surface area contributed by atoms with E-state index in [0.717, 1.165) is 0 Å². The molecule has 3 amide bonds. The van der Waals surface area contributed by atoms with Gasteiger partial charge in [0.2, 0.25) is 17.7 Å². The van der Waals surface area contributed by atoms with E-state index in [1.807, 2.05) is 34.0 Å². The molecule has 9 nitrogen and oxygen atoms in total. The van der Waals surface area contributed by atoms with Crippen LogP contribution in [-0.2, 0) is 19.2 Å². The number of nitrogens with one attached hydrogen (secondary N) is 3. The fourth-order valence-electron chi connectivity index (χ4n) is 2.81. The number of amides is 3. The van der Waals surface area contributed by atoms with Crippen LogP contribution in [0.2, 0.25) is 0 Å². The second-order valence-electron chi connectivity index (χ2n) is 8.35. The zero-order chi connectivity index (χ0) is 24.1. The Bertz CT molecular complexity index is 604. The van der Waals surface area contributed by atoms with Crippen LogP contribution in [0.5, 0.6) is 0 Å². The quantitative estimate of drug-likeness (QED) is 0.189. The van der Waals surface area contributed by atoms with E-state index < -0.39 is 47.9 Å². The second kappa shape index (κ2) is 15.4. The largest absolute Gasteiger partial charge is 0.480 e. The average molecular weight is 479 g/mol. The monoisotopic (exact) mass is 478 g/mol. The van der Waals surface area contributed by atoms with Gasteiger partial charge in [-0.25, -0.2) is 4.79 Å². The maximum atomic E-state index is 12.9. The van der Waals surface area contributed by atoms with Crippen LogP contribution < -0.4 is 21.7 Å². The fraction of sp³-hybridized carbons (Fsp3) is 0.800. The molecule has 0 radical (unpaired) electrons. The maximum Gasteiger partial charge on any atom is 0.326 e. The van der Waals surface area contributed by atoms with Crippen molar-refractivity contribution in [2.75, 3.05) is 17.8 Å². The van der Waals surface area contributed by atoms with Crippen LogP contribution in [0.3, 0.4) is 0 Å². The molecule has 0 aromatic heterocycles. The number of aliphatic carboxylic acids is 1. The lowest BCUT2D eigenvalue weighted by molar-refractivity contribution is -0.143. The smallest absolute Gasteiger partial charge is 0.326 e. The standard InChI is InChI=1S/C20H38N4O5S2/c1-11(2)8-15(19(27)24-16(20(28)29)9-12(3)4)23-18(26)14(6-7-31-5)22-17(25)13(21)10-30/h11-16,30H,6-10,21H2,1-5H3,(H,22,25)(H,23,26)(H,24,27)(H,28,29). The van der Waals surface area contributed by atoms with Gasteiger partial charge in [-0.05, 0) is 43.1 Å². The molecule has 0 saturated carbocycles. The third kappa shape index (κ3) is 12.2. The molecule has 0 bridgehead atoms. The summed E-state index contributed by atoms with van der Waals surface area (Å²) in [6.45, 7) is 7.52. The highest BCUT2D eigenvalue weighted by molar-refractivity contribution is 7.98. The average Bonchev–Trinajstić information content (AvgIpc) is 2.68. The van der Waals surface area contributed by atoms with E-state index >= 15 is 0 Å².